The summed E-state index contributed by atoms with van der Waals surface area (Å²) in [5, 5.41) is 7.04. The molecule has 0 aliphatic rings. The number of hydrogen-bond donors (Lipinski definition) is 1. The van der Waals surface area contributed by atoms with Crippen LogP contribution in [-0.4, -0.2) is 32.6 Å². The number of hydrogen-bond acceptors (Lipinski definition) is 5. The Hall–Kier alpha value is -2.80. The number of amides is 1. The van der Waals surface area contributed by atoms with Gasteiger partial charge in [0.25, 0.3) is 11.7 Å². The number of nitrogens with one attached hydrogen (secondary N) is 1. The summed E-state index contributed by atoms with van der Waals surface area (Å²) < 4.78 is 6.65. The Balaban J connectivity index is 1.69. The van der Waals surface area contributed by atoms with E-state index in [0.29, 0.717) is 18.9 Å². The second kappa shape index (κ2) is 6.76. The highest BCUT2D eigenvalue weighted by Crippen LogP contribution is 2.07. The van der Waals surface area contributed by atoms with Gasteiger partial charge in [0.05, 0.1) is 6.61 Å². The second-order valence-corrected chi connectivity index (χ2v) is 5.62. The van der Waals surface area contributed by atoms with E-state index in [9.17, 15) is 4.79 Å². The molecular formula is C17H19N5O2. The van der Waals surface area contributed by atoms with Crippen molar-refractivity contribution in [2.45, 2.75) is 27.0 Å². The van der Waals surface area contributed by atoms with E-state index in [0.717, 1.165) is 22.5 Å². The molecule has 7 heteroatoms. The lowest BCUT2D eigenvalue weighted by Gasteiger charge is -2.04. The molecule has 0 spiro atoms. The molecule has 0 saturated heterocycles. The molecule has 0 saturated carbocycles. The van der Waals surface area contributed by atoms with Crippen molar-refractivity contribution in [3.8, 4) is 0 Å². The molecule has 0 bridgehead atoms. The quantitative estimate of drug-likeness (QED) is 0.774. The van der Waals surface area contributed by atoms with Crippen molar-refractivity contribution in [1.29, 1.82) is 0 Å². The molecule has 0 aliphatic heterocycles. The lowest BCUT2D eigenvalue weighted by molar-refractivity contribution is 0.0940. The first kappa shape index (κ1) is 16.1. The number of carbonyl (C=O) groups is 1. The molecule has 2 heterocycles. The van der Waals surface area contributed by atoms with Crippen molar-refractivity contribution in [2.24, 2.45) is 0 Å². The average molecular weight is 325 g/mol. The van der Waals surface area contributed by atoms with Gasteiger partial charge in [0.1, 0.15) is 0 Å². The van der Waals surface area contributed by atoms with Crippen LogP contribution < -0.4 is 5.32 Å². The summed E-state index contributed by atoms with van der Waals surface area (Å²) in [4.78, 5) is 20.7. The molecule has 0 atom stereocenters. The van der Waals surface area contributed by atoms with Crippen molar-refractivity contribution in [3.05, 3.63) is 58.7 Å². The molecular weight excluding hydrogens is 306 g/mol. The topological polar surface area (TPSA) is 81.4 Å². The Bertz CT molecular complexity index is 871. The minimum atomic E-state index is -0.321. The fourth-order valence-electron chi connectivity index (χ4n) is 2.44. The molecule has 0 fully saturated rings. The van der Waals surface area contributed by atoms with Gasteiger partial charge in [0.2, 0.25) is 5.82 Å². The van der Waals surface area contributed by atoms with Crippen molar-refractivity contribution >= 4 is 11.7 Å². The summed E-state index contributed by atoms with van der Waals surface area (Å²) in [6.07, 6.45) is 0. The van der Waals surface area contributed by atoms with Crippen LogP contribution in [0.3, 0.4) is 0 Å². The Morgan fingerprint density at radius 1 is 1.17 bits per heavy atom. The Morgan fingerprint density at radius 3 is 2.58 bits per heavy atom. The summed E-state index contributed by atoms with van der Waals surface area (Å²) in [6, 6.07) is 9.76. The van der Waals surface area contributed by atoms with E-state index in [4.69, 9.17) is 4.74 Å². The van der Waals surface area contributed by atoms with Crippen LogP contribution in [0.4, 0.5) is 0 Å². The summed E-state index contributed by atoms with van der Waals surface area (Å²) in [5.74, 6) is 0.229. The number of aryl methyl sites for hydroxylation is 2. The van der Waals surface area contributed by atoms with E-state index in [-0.39, 0.29) is 11.7 Å². The van der Waals surface area contributed by atoms with E-state index in [1.54, 1.807) is 11.6 Å². The zero-order chi connectivity index (χ0) is 17.1. The third-order valence-corrected chi connectivity index (χ3v) is 3.61. The van der Waals surface area contributed by atoms with E-state index < -0.39 is 0 Å². The number of rotatable bonds is 5. The molecule has 124 valence electrons. The second-order valence-electron chi connectivity index (χ2n) is 5.62. The van der Waals surface area contributed by atoms with Gasteiger partial charge in [-0.3, -0.25) is 4.79 Å². The third-order valence-electron chi connectivity index (χ3n) is 3.61. The highest BCUT2D eigenvalue weighted by Gasteiger charge is 2.14. The van der Waals surface area contributed by atoms with Gasteiger partial charge in [0.15, 0.2) is 0 Å². The highest BCUT2D eigenvalue weighted by molar-refractivity contribution is 5.90. The van der Waals surface area contributed by atoms with Crippen molar-refractivity contribution < 1.29 is 9.53 Å². The molecule has 1 N–H and O–H groups in total. The predicted octanol–water partition coefficient (Wildman–Crippen LogP) is 1.82. The predicted molar refractivity (Wildman–Crippen MR) is 88.6 cm³/mol. The number of carbonyl (C=O) groups excluding carboxylic acids is 1. The standard InChI is InChI=1S/C17H19N5O2/c1-11-8-12(2)22-17(19-11)20-15(21-22)16(23)18-9-13-4-6-14(7-5-13)10-24-3/h4-8H,9-10H2,1-3H3,(H,18,23). The Kier molecular flexibility index (Phi) is 4.52. The molecule has 2 aromatic heterocycles. The number of nitrogens with zero attached hydrogens (tertiary/aromatic N) is 4. The van der Waals surface area contributed by atoms with Gasteiger partial charge in [-0.15, -0.1) is 5.10 Å². The van der Waals surface area contributed by atoms with Gasteiger partial charge < -0.3 is 10.1 Å². The smallest absolute Gasteiger partial charge is 0.291 e. The Morgan fingerprint density at radius 2 is 1.88 bits per heavy atom. The van der Waals surface area contributed by atoms with Crippen LogP contribution in [0.15, 0.2) is 30.3 Å². The molecule has 24 heavy (non-hydrogen) atoms. The number of benzene rings is 1. The molecule has 3 aromatic rings. The number of aromatic nitrogens is 4. The zero-order valence-electron chi connectivity index (χ0n) is 13.9. The van der Waals surface area contributed by atoms with Crippen LogP contribution in [0, 0.1) is 13.8 Å². The Labute approximate surface area is 139 Å². The lowest BCUT2D eigenvalue weighted by Crippen LogP contribution is -2.24. The number of ether oxygens (including phenoxy) is 1. The van der Waals surface area contributed by atoms with Crippen LogP contribution in [0.5, 0.6) is 0 Å². The van der Waals surface area contributed by atoms with Crippen LogP contribution in [0.1, 0.15) is 33.1 Å². The fourth-order valence-corrected chi connectivity index (χ4v) is 2.44. The van der Waals surface area contributed by atoms with Gasteiger partial charge in [-0.05, 0) is 31.0 Å². The highest BCUT2D eigenvalue weighted by atomic mass is 16.5. The van der Waals surface area contributed by atoms with Crippen molar-refractivity contribution in [3.63, 3.8) is 0 Å². The van der Waals surface area contributed by atoms with Gasteiger partial charge in [-0.1, -0.05) is 24.3 Å². The fraction of sp³-hybridized carbons (Fsp3) is 0.294. The molecule has 0 aliphatic carbocycles. The van der Waals surface area contributed by atoms with Gasteiger partial charge >= 0.3 is 0 Å². The summed E-state index contributed by atoms with van der Waals surface area (Å²) in [5.41, 5.74) is 3.82. The summed E-state index contributed by atoms with van der Waals surface area (Å²) in [7, 11) is 1.66. The van der Waals surface area contributed by atoms with Crippen LogP contribution >= 0.6 is 0 Å². The number of fused-ring (bicyclic) bond motifs is 1. The molecule has 7 nitrogen and oxygen atoms in total. The number of methoxy groups -OCH3 is 1. The summed E-state index contributed by atoms with van der Waals surface area (Å²) >= 11 is 0. The largest absolute Gasteiger partial charge is 0.380 e. The maximum absolute atomic E-state index is 12.3. The maximum atomic E-state index is 12.3. The lowest BCUT2D eigenvalue weighted by atomic mass is 10.1. The first-order valence-corrected chi connectivity index (χ1v) is 7.63. The van der Waals surface area contributed by atoms with Crippen molar-refractivity contribution in [1.82, 2.24) is 24.9 Å². The van der Waals surface area contributed by atoms with Gasteiger partial charge in [-0.25, -0.2) is 9.50 Å². The van der Waals surface area contributed by atoms with E-state index >= 15 is 0 Å². The summed E-state index contributed by atoms with van der Waals surface area (Å²) in [6.45, 7) is 4.77. The monoisotopic (exact) mass is 325 g/mol. The van der Waals surface area contributed by atoms with Crippen LogP contribution in [0.25, 0.3) is 5.78 Å². The first-order valence-electron chi connectivity index (χ1n) is 7.63. The van der Waals surface area contributed by atoms with E-state index in [1.807, 2.05) is 44.2 Å². The SMILES string of the molecule is COCc1ccc(CNC(=O)c2nc3nc(C)cc(C)n3n2)cc1. The third kappa shape index (κ3) is 3.41. The zero-order valence-corrected chi connectivity index (χ0v) is 13.9. The molecule has 0 unspecified atom stereocenters. The molecule has 3 rings (SSSR count). The van der Waals surface area contributed by atoms with Crippen LogP contribution in [-0.2, 0) is 17.9 Å². The normalized spacial score (nSPS) is 11.0. The maximum Gasteiger partial charge on any atom is 0.291 e. The molecule has 1 aromatic carbocycles. The molecule has 1 amide bonds. The van der Waals surface area contributed by atoms with Crippen LogP contribution in [0.2, 0.25) is 0 Å². The minimum absolute atomic E-state index is 0.118. The van der Waals surface area contributed by atoms with Crippen molar-refractivity contribution in [2.75, 3.05) is 7.11 Å². The van der Waals surface area contributed by atoms with Gasteiger partial charge in [0, 0.05) is 25.0 Å². The first-order chi connectivity index (χ1) is 11.6. The molecule has 0 radical (unpaired) electrons. The average Bonchev–Trinajstić information content (AvgIpc) is 2.98. The van der Waals surface area contributed by atoms with E-state index in [2.05, 4.69) is 20.4 Å². The van der Waals surface area contributed by atoms with E-state index in [1.165, 1.54) is 0 Å². The minimum Gasteiger partial charge on any atom is -0.380 e. The van der Waals surface area contributed by atoms with Gasteiger partial charge in [-0.2, -0.15) is 4.98 Å².